The quantitative estimate of drug-likeness (QED) is 0.173. The van der Waals surface area contributed by atoms with Crippen LogP contribution in [-0.2, 0) is 0 Å². The van der Waals surface area contributed by atoms with Crippen molar-refractivity contribution in [2.24, 2.45) is 0 Å². The summed E-state index contributed by atoms with van der Waals surface area (Å²) >= 11 is 21.8. The van der Waals surface area contributed by atoms with Gasteiger partial charge in [-0.2, -0.15) is 0 Å². The van der Waals surface area contributed by atoms with Crippen LogP contribution in [0.4, 0.5) is 0 Å². The average Bonchev–Trinajstić information content (AvgIpc) is 2.72. The van der Waals surface area contributed by atoms with E-state index in [4.69, 9.17) is 4.74 Å². The third kappa shape index (κ3) is 3.61. The number of benzene rings is 3. The molecule has 0 unspecified atom stereocenters. The van der Waals surface area contributed by atoms with Crippen molar-refractivity contribution < 1.29 is 4.74 Å². The molecule has 3 aromatic carbocycles. The van der Waals surface area contributed by atoms with E-state index in [1.54, 1.807) is 0 Å². The van der Waals surface area contributed by atoms with Gasteiger partial charge in [-0.25, -0.2) is 0 Å². The van der Waals surface area contributed by atoms with Crippen molar-refractivity contribution in [1.29, 1.82) is 0 Å². The number of hydrogen-bond donors (Lipinski definition) is 0. The Morgan fingerprint density at radius 3 is 1.32 bits per heavy atom. The van der Waals surface area contributed by atoms with E-state index >= 15 is 0 Å². The van der Waals surface area contributed by atoms with Crippen molar-refractivity contribution in [3.63, 3.8) is 0 Å². The van der Waals surface area contributed by atoms with Crippen LogP contribution in [0.25, 0.3) is 0 Å². The second-order valence-corrected chi connectivity index (χ2v) is 13.7. The van der Waals surface area contributed by atoms with Gasteiger partial charge < -0.3 is 0 Å². The third-order valence-electron chi connectivity index (χ3n) is 4.69. The first-order valence-corrected chi connectivity index (χ1v) is 15.5. The molecule has 0 radical (unpaired) electrons. The molecular formula is C19H14OSe8. The molecule has 0 amide bonds. The summed E-state index contributed by atoms with van der Waals surface area (Å²) in [6.07, 6.45) is 0. The minimum absolute atomic E-state index is 0.119. The Hall–Kier alpha value is 1.62. The Bertz CT molecular complexity index is 1060. The zero-order chi connectivity index (χ0) is 20.3. The number of fused-ring (bicyclic) bond motifs is 2. The summed E-state index contributed by atoms with van der Waals surface area (Å²) in [6, 6.07) is 10.7. The number of ether oxygens (including phenoxy) is 1. The van der Waals surface area contributed by atoms with Crippen LogP contribution in [0.2, 0.25) is 0 Å². The monoisotopic (exact) mass is 897 g/mol. The zero-order valence-electron chi connectivity index (χ0n) is 14.0. The summed E-state index contributed by atoms with van der Waals surface area (Å²) in [7, 11) is 0. The molecule has 9 heteroatoms. The van der Waals surface area contributed by atoms with Gasteiger partial charge in [-0.1, -0.05) is 0 Å². The Kier molecular flexibility index (Phi) is 7.22. The van der Waals surface area contributed by atoms with Gasteiger partial charge in [0.15, 0.2) is 0 Å². The molecule has 0 atom stereocenters. The van der Waals surface area contributed by atoms with Crippen LogP contribution in [0, 0.1) is 0 Å². The summed E-state index contributed by atoms with van der Waals surface area (Å²) in [5.41, 5.74) is 3.76. The first kappa shape index (κ1) is 22.8. The first-order chi connectivity index (χ1) is 13.3. The van der Waals surface area contributed by atoms with Crippen LogP contribution >= 0.6 is 0 Å². The maximum absolute atomic E-state index is 6.64. The van der Waals surface area contributed by atoms with Crippen LogP contribution in [0.3, 0.4) is 0 Å². The standard InChI is InChI=1S/C19H14OSe8/c21-12-8-7(6-4-2-1-3-5-6)9-11(15(24)19(28)17(26)13(9)22)20-10(8)14(23)18(27)16(12)25/h1-5,7,21-28H. The fourth-order valence-electron chi connectivity index (χ4n) is 3.36. The van der Waals surface area contributed by atoms with Gasteiger partial charge in [0.1, 0.15) is 0 Å². The molecule has 1 aliphatic rings. The number of rotatable bonds is 1. The predicted molar refractivity (Wildman–Crippen MR) is 135 cm³/mol. The SMILES string of the molecule is [SeH]c1c([SeH])c([SeH])c2c(c1[SeH])Oc1c([SeH])c([SeH])c([SeH])c([SeH])c1C2c1ccccc1. The van der Waals surface area contributed by atoms with Crippen molar-refractivity contribution in [3.8, 4) is 11.5 Å². The fourth-order valence-corrected chi connectivity index (χ4v) is 9.49. The third-order valence-corrected chi connectivity index (χ3v) is 17.2. The molecule has 1 heterocycles. The van der Waals surface area contributed by atoms with Gasteiger partial charge in [0.05, 0.1) is 0 Å². The molecule has 4 rings (SSSR count). The Balaban J connectivity index is 2.18. The molecule has 0 spiro atoms. The van der Waals surface area contributed by atoms with E-state index in [-0.39, 0.29) is 5.92 Å². The molecule has 0 saturated carbocycles. The molecule has 3 aromatic rings. The summed E-state index contributed by atoms with van der Waals surface area (Å²) in [6.45, 7) is 0. The van der Waals surface area contributed by atoms with E-state index in [9.17, 15) is 0 Å². The normalized spacial score (nSPS) is 13.1. The van der Waals surface area contributed by atoms with Gasteiger partial charge in [0.2, 0.25) is 0 Å². The van der Waals surface area contributed by atoms with Gasteiger partial charge >= 0.3 is 233 Å². The van der Waals surface area contributed by atoms with Crippen LogP contribution in [-0.4, -0.2) is 128 Å². The molecule has 1 aliphatic heterocycles. The second kappa shape index (κ2) is 8.87. The molecule has 0 bridgehead atoms. The molecular weight excluding hydrogens is 876 g/mol. The van der Waals surface area contributed by atoms with Crippen LogP contribution < -0.4 is 40.4 Å². The summed E-state index contributed by atoms with van der Waals surface area (Å²) in [5, 5.41) is 0. The second-order valence-electron chi connectivity index (χ2n) is 6.22. The Labute approximate surface area is 229 Å². The molecule has 1 nitrogen and oxygen atoms in total. The fraction of sp³-hybridized carbons (Fsp3) is 0.0526. The van der Waals surface area contributed by atoms with Crippen LogP contribution in [0.1, 0.15) is 22.6 Å². The molecule has 0 aromatic heterocycles. The summed E-state index contributed by atoms with van der Waals surface area (Å²) < 4.78 is 16.2. The minimum atomic E-state index is 0.119. The van der Waals surface area contributed by atoms with E-state index in [1.807, 2.05) is 0 Å². The van der Waals surface area contributed by atoms with E-state index in [0.29, 0.717) is 0 Å². The molecule has 0 saturated heterocycles. The summed E-state index contributed by atoms with van der Waals surface area (Å²) in [5.74, 6) is 2.05. The van der Waals surface area contributed by atoms with Crippen LogP contribution in [0.15, 0.2) is 30.3 Å². The van der Waals surface area contributed by atoms with Crippen molar-refractivity contribution in [2.75, 3.05) is 0 Å². The Morgan fingerprint density at radius 1 is 0.500 bits per heavy atom. The van der Waals surface area contributed by atoms with Crippen molar-refractivity contribution in [1.82, 2.24) is 0 Å². The summed E-state index contributed by atoms with van der Waals surface area (Å²) in [4.78, 5) is 0. The van der Waals surface area contributed by atoms with Gasteiger partial charge in [-0.15, -0.1) is 0 Å². The van der Waals surface area contributed by atoms with E-state index in [0.717, 1.165) is 20.4 Å². The predicted octanol–water partition coefficient (Wildman–Crippen LogP) is -6.82. The van der Waals surface area contributed by atoms with E-state index in [1.165, 1.54) is 43.5 Å². The zero-order valence-corrected chi connectivity index (χ0v) is 29.0. The van der Waals surface area contributed by atoms with Gasteiger partial charge in [0.25, 0.3) is 0 Å². The topological polar surface area (TPSA) is 9.23 Å². The van der Waals surface area contributed by atoms with E-state index < -0.39 is 0 Å². The van der Waals surface area contributed by atoms with Gasteiger partial charge in [-0.3, -0.25) is 0 Å². The molecule has 0 aliphatic carbocycles. The van der Waals surface area contributed by atoms with Crippen molar-refractivity contribution in [2.45, 2.75) is 5.92 Å². The van der Waals surface area contributed by atoms with Gasteiger partial charge in [-0.05, 0) is 0 Å². The first-order valence-electron chi connectivity index (χ1n) is 7.97. The van der Waals surface area contributed by atoms with Crippen molar-refractivity contribution in [3.05, 3.63) is 47.0 Å². The van der Waals surface area contributed by atoms with E-state index in [2.05, 4.69) is 158 Å². The maximum atomic E-state index is 6.64. The molecule has 28 heavy (non-hydrogen) atoms. The van der Waals surface area contributed by atoms with Crippen LogP contribution in [0.5, 0.6) is 11.5 Å². The molecule has 0 N–H and O–H groups in total. The Morgan fingerprint density at radius 2 is 0.893 bits per heavy atom. The average molecular weight is 890 g/mol. The molecule has 0 fully saturated rings. The number of hydrogen-bond acceptors (Lipinski definition) is 1. The molecule has 144 valence electrons. The van der Waals surface area contributed by atoms with Gasteiger partial charge in [0, 0.05) is 0 Å². The van der Waals surface area contributed by atoms with Crippen molar-refractivity contribution >= 4 is 164 Å².